The quantitative estimate of drug-likeness (QED) is 0.337. The summed E-state index contributed by atoms with van der Waals surface area (Å²) in [7, 11) is 0. The highest BCUT2D eigenvalue weighted by molar-refractivity contribution is 6.00. The van der Waals surface area contributed by atoms with Crippen LogP contribution in [0.2, 0.25) is 0 Å². The Morgan fingerprint density at radius 1 is 1.31 bits per heavy atom. The summed E-state index contributed by atoms with van der Waals surface area (Å²) in [6.07, 6.45) is 1.12. The van der Waals surface area contributed by atoms with Crippen LogP contribution in [0.15, 0.2) is 24.4 Å². The average molecular weight is 185 g/mol. The molecule has 0 rings (SSSR count). The van der Waals surface area contributed by atoms with Crippen LogP contribution in [-0.4, -0.2) is 23.0 Å². The minimum atomic E-state index is -1.32. The number of esters is 2. The van der Waals surface area contributed by atoms with E-state index in [1.807, 2.05) is 0 Å². The second kappa shape index (κ2) is 4.70. The molecule has 0 fully saturated rings. The lowest BCUT2D eigenvalue weighted by atomic mass is 10.5. The topological polar surface area (TPSA) is 107 Å². The van der Waals surface area contributed by atoms with Crippen LogP contribution in [-0.2, 0) is 19.1 Å². The van der Waals surface area contributed by atoms with Crippen LogP contribution < -0.4 is 5.73 Å². The van der Waals surface area contributed by atoms with E-state index in [1.165, 1.54) is 0 Å². The number of carbonyl (C=O) groups excluding carboxylic acids is 2. The van der Waals surface area contributed by atoms with Crippen molar-refractivity contribution < 1.29 is 24.2 Å². The van der Waals surface area contributed by atoms with Gasteiger partial charge in [0, 0.05) is 12.2 Å². The van der Waals surface area contributed by atoms with Gasteiger partial charge in [0.15, 0.2) is 0 Å². The fourth-order valence-corrected chi connectivity index (χ4v) is 0.330. The number of carbonyl (C=O) groups is 3. The summed E-state index contributed by atoms with van der Waals surface area (Å²) in [6.45, 7) is 3.01. The van der Waals surface area contributed by atoms with E-state index in [9.17, 15) is 14.4 Å². The van der Waals surface area contributed by atoms with Gasteiger partial charge in [0.25, 0.3) is 0 Å². The van der Waals surface area contributed by atoms with Gasteiger partial charge in [0.1, 0.15) is 5.70 Å². The van der Waals surface area contributed by atoms with Gasteiger partial charge in [-0.3, -0.25) is 0 Å². The Hall–Kier alpha value is -2.11. The first-order chi connectivity index (χ1) is 5.93. The van der Waals surface area contributed by atoms with Crippen LogP contribution in [0.4, 0.5) is 0 Å². The van der Waals surface area contributed by atoms with Gasteiger partial charge in [-0.05, 0) is 0 Å². The highest BCUT2D eigenvalue weighted by Gasteiger charge is 2.08. The molecule has 0 saturated carbocycles. The minimum Gasteiger partial charge on any atom is -0.478 e. The van der Waals surface area contributed by atoms with Crippen LogP contribution in [0.25, 0.3) is 0 Å². The molecular weight excluding hydrogens is 178 g/mol. The molecule has 0 heterocycles. The first kappa shape index (κ1) is 10.9. The smallest absolute Gasteiger partial charge is 0.361 e. The molecule has 0 radical (unpaired) electrons. The lowest BCUT2D eigenvalue weighted by Crippen LogP contribution is -2.16. The molecule has 0 unspecified atom stereocenters. The van der Waals surface area contributed by atoms with Crippen molar-refractivity contribution in [1.82, 2.24) is 0 Å². The van der Waals surface area contributed by atoms with Crippen molar-refractivity contribution in [3.05, 3.63) is 24.4 Å². The summed E-state index contributed by atoms with van der Waals surface area (Å²) in [6, 6.07) is 0. The van der Waals surface area contributed by atoms with E-state index in [0.717, 1.165) is 0 Å². The number of carboxylic acid groups (broad SMARTS) is 1. The highest BCUT2D eigenvalue weighted by atomic mass is 16.6. The van der Waals surface area contributed by atoms with Gasteiger partial charge < -0.3 is 15.6 Å². The van der Waals surface area contributed by atoms with Crippen LogP contribution in [0.5, 0.6) is 0 Å². The third kappa shape index (κ3) is 5.19. The van der Waals surface area contributed by atoms with Crippen molar-refractivity contribution in [2.24, 2.45) is 5.73 Å². The van der Waals surface area contributed by atoms with E-state index in [0.29, 0.717) is 12.2 Å². The molecule has 0 spiro atoms. The van der Waals surface area contributed by atoms with E-state index in [2.05, 4.69) is 11.3 Å². The van der Waals surface area contributed by atoms with Crippen LogP contribution in [0.1, 0.15) is 0 Å². The Labute approximate surface area is 73.3 Å². The number of hydrogen-bond donors (Lipinski definition) is 2. The second-order valence-electron chi connectivity index (χ2n) is 1.91. The zero-order valence-electron chi connectivity index (χ0n) is 6.52. The van der Waals surface area contributed by atoms with E-state index < -0.39 is 23.6 Å². The summed E-state index contributed by atoms with van der Waals surface area (Å²) in [5.74, 6) is -3.53. The maximum absolute atomic E-state index is 10.6. The number of aliphatic carboxylic acids is 1. The molecule has 0 aliphatic heterocycles. The van der Waals surface area contributed by atoms with Gasteiger partial charge in [-0.15, -0.1) is 0 Å². The summed E-state index contributed by atoms with van der Waals surface area (Å²) in [4.78, 5) is 31.0. The predicted octanol–water partition coefficient (Wildman–Crippen LogP) is -0.831. The normalized spacial score (nSPS) is 9.54. The second-order valence-corrected chi connectivity index (χ2v) is 1.91. The van der Waals surface area contributed by atoms with Crippen LogP contribution in [0.3, 0.4) is 0 Å². The summed E-state index contributed by atoms with van der Waals surface area (Å²) < 4.78 is 4.01. The molecule has 0 aromatic rings. The molecule has 13 heavy (non-hydrogen) atoms. The van der Waals surface area contributed by atoms with Gasteiger partial charge >= 0.3 is 17.9 Å². The molecule has 6 heteroatoms. The predicted molar refractivity (Wildman–Crippen MR) is 41.2 cm³/mol. The van der Waals surface area contributed by atoms with Gasteiger partial charge in [-0.2, -0.15) is 0 Å². The van der Waals surface area contributed by atoms with Crippen molar-refractivity contribution in [3.63, 3.8) is 0 Å². The Balaban J connectivity index is 4.10. The van der Waals surface area contributed by atoms with Gasteiger partial charge in [-0.1, -0.05) is 6.58 Å². The Morgan fingerprint density at radius 3 is 2.23 bits per heavy atom. The van der Waals surface area contributed by atoms with Crippen molar-refractivity contribution in [1.29, 1.82) is 0 Å². The van der Waals surface area contributed by atoms with Crippen molar-refractivity contribution >= 4 is 17.9 Å². The van der Waals surface area contributed by atoms with Crippen molar-refractivity contribution in [2.75, 3.05) is 0 Å². The number of rotatable bonds is 3. The standard InChI is InChI=1S/C7H7NO5/c1-4(8)7(12)13-6(11)3-2-5(9)10/h2-3H,1,8H2,(H,9,10)/b3-2-. The van der Waals surface area contributed by atoms with E-state index in [4.69, 9.17) is 10.8 Å². The molecule has 3 N–H and O–H groups in total. The summed E-state index contributed by atoms with van der Waals surface area (Å²) in [5, 5.41) is 8.08. The van der Waals surface area contributed by atoms with E-state index in [1.54, 1.807) is 0 Å². The van der Waals surface area contributed by atoms with E-state index >= 15 is 0 Å². The SMILES string of the molecule is C=C(N)C(=O)OC(=O)/C=C\C(=O)O. The Morgan fingerprint density at radius 2 is 1.85 bits per heavy atom. The van der Waals surface area contributed by atoms with Crippen LogP contribution in [0, 0.1) is 0 Å². The first-order valence-corrected chi connectivity index (χ1v) is 3.05. The molecule has 0 aliphatic carbocycles. The third-order valence-corrected chi connectivity index (χ3v) is 0.817. The number of nitrogens with two attached hydrogens (primary N) is 1. The summed E-state index contributed by atoms with van der Waals surface area (Å²) in [5.41, 5.74) is 4.45. The fraction of sp³-hybridized carbons (Fsp3) is 0. The maximum Gasteiger partial charge on any atom is 0.361 e. The van der Waals surface area contributed by atoms with Crippen molar-refractivity contribution in [2.45, 2.75) is 0 Å². The van der Waals surface area contributed by atoms with Crippen LogP contribution >= 0.6 is 0 Å². The molecule has 0 aliphatic rings. The lowest BCUT2D eigenvalue weighted by Gasteiger charge is -1.96. The largest absolute Gasteiger partial charge is 0.478 e. The molecule has 0 amide bonds. The monoisotopic (exact) mass is 185 g/mol. The lowest BCUT2D eigenvalue weighted by molar-refractivity contribution is -0.153. The molecule has 0 atom stereocenters. The Kier molecular flexibility index (Phi) is 3.94. The maximum atomic E-state index is 10.6. The molecule has 0 aromatic carbocycles. The molecule has 6 nitrogen and oxygen atoms in total. The van der Waals surface area contributed by atoms with Gasteiger partial charge in [0.05, 0.1) is 0 Å². The molecule has 0 saturated heterocycles. The van der Waals surface area contributed by atoms with Gasteiger partial charge in [-0.25, -0.2) is 14.4 Å². The third-order valence-electron chi connectivity index (χ3n) is 0.817. The fourth-order valence-electron chi connectivity index (χ4n) is 0.330. The molecule has 0 bridgehead atoms. The zero-order valence-corrected chi connectivity index (χ0v) is 6.52. The minimum absolute atomic E-state index is 0.433. The number of carboxylic acids is 1. The Bertz CT molecular complexity index is 291. The van der Waals surface area contributed by atoms with E-state index in [-0.39, 0.29) is 0 Å². The summed E-state index contributed by atoms with van der Waals surface area (Å²) >= 11 is 0. The van der Waals surface area contributed by atoms with Crippen molar-refractivity contribution in [3.8, 4) is 0 Å². The number of ether oxygens (including phenoxy) is 1. The highest BCUT2D eigenvalue weighted by Crippen LogP contribution is 1.88. The van der Waals surface area contributed by atoms with Gasteiger partial charge in [0.2, 0.25) is 0 Å². The molecule has 0 aromatic heterocycles. The zero-order chi connectivity index (χ0) is 10.4. The average Bonchev–Trinajstić information content (AvgIpc) is 2.00. The molecule has 70 valence electrons. The number of hydrogen-bond acceptors (Lipinski definition) is 5. The molecular formula is C7H7NO5. The first-order valence-electron chi connectivity index (χ1n) is 3.05.